The number of fused-ring (bicyclic) bond motifs is 1. The van der Waals surface area contributed by atoms with E-state index in [0.29, 0.717) is 59.5 Å². The zero-order chi connectivity index (χ0) is 22.8. The van der Waals surface area contributed by atoms with Crippen LogP contribution in [0.5, 0.6) is 17.2 Å². The molecule has 0 saturated carbocycles. The number of carbonyl (C=O) groups excluding carboxylic acids is 1. The summed E-state index contributed by atoms with van der Waals surface area (Å²) in [5.41, 5.74) is 2.61. The van der Waals surface area contributed by atoms with E-state index in [0.717, 1.165) is 5.56 Å². The molecule has 3 N–H and O–H groups in total. The van der Waals surface area contributed by atoms with Crippen molar-refractivity contribution in [3.8, 4) is 28.5 Å². The normalized spacial score (nSPS) is 15.3. The van der Waals surface area contributed by atoms with Crippen LogP contribution in [-0.2, 0) is 4.74 Å². The molecule has 32 heavy (non-hydrogen) atoms. The second kappa shape index (κ2) is 9.10. The number of halogens is 1. The van der Waals surface area contributed by atoms with E-state index in [4.69, 9.17) is 21.1 Å². The number of aromatic nitrogens is 2. The quantitative estimate of drug-likeness (QED) is 0.439. The van der Waals surface area contributed by atoms with Gasteiger partial charge in [0.2, 0.25) is 0 Å². The number of methoxy groups -OCH3 is 1. The summed E-state index contributed by atoms with van der Waals surface area (Å²) in [6.07, 6.45) is 0.643. The minimum atomic E-state index is -0.499. The van der Waals surface area contributed by atoms with Crippen molar-refractivity contribution in [3.63, 3.8) is 0 Å². The number of H-pyrrole nitrogens is 1. The fraction of sp³-hybridized carbons (Fsp3) is 0.304. The molecule has 1 aliphatic rings. The SMILES string of the molecule is CCOc1cc(C2c3c(-c4cc(Cl)ccc4O)n[nH]c3C(=O)N2CCCOC)ccc1O. The Morgan fingerprint density at radius 2 is 1.97 bits per heavy atom. The number of benzene rings is 2. The Bertz CT molecular complexity index is 1150. The van der Waals surface area contributed by atoms with Crippen LogP contribution in [0.25, 0.3) is 11.3 Å². The summed E-state index contributed by atoms with van der Waals surface area (Å²) >= 11 is 6.17. The first-order chi connectivity index (χ1) is 15.5. The number of amides is 1. The van der Waals surface area contributed by atoms with Crippen molar-refractivity contribution in [1.29, 1.82) is 0 Å². The number of ether oxygens (including phenoxy) is 2. The molecule has 1 amide bonds. The van der Waals surface area contributed by atoms with Crippen molar-refractivity contribution < 1.29 is 24.5 Å². The lowest BCUT2D eigenvalue weighted by atomic mass is 9.95. The molecule has 0 bridgehead atoms. The van der Waals surface area contributed by atoms with Crippen molar-refractivity contribution in [2.24, 2.45) is 0 Å². The van der Waals surface area contributed by atoms with E-state index < -0.39 is 6.04 Å². The van der Waals surface area contributed by atoms with Gasteiger partial charge in [-0.25, -0.2) is 0 Å². The van der Waals surface area contributed by atoms with Gasteiger partial charge in [0.1, 0.15) is 17.1 Å². The minimum absolute atomic E-state index is 0.00782. The summed E-state index contributed by atoms with van der Waals surface area (Å²) in [6.45, 7) is 3.17. The first-order valence-corrected chi connectivity index (χ1v) is 10.7. The lowest BCUT2D eigenvalue weighted by molar-refractivity contribution is 0.0723. The van der Waals surface area contributed by atoms with Gasteiger partial charge in [-0.2, -0.15) is 5.10 Å². The molecule has 0 aliphatic carbocycles. The van der Waals surface area contributed by atoms with Crippen LogP contribution in [0.4, 0.5) is 0 Å². The zero-order valence-electron chi connectivity index (χ0n) is 17.8. The van der Waals surface area contributed by atoms with Crippen molar-refractivity contribution in [2.75, 3.05) is 26.9 Å². The maximum absolute atomic E-state index is 13.3. The van der Waals surface area contributed by atoms with E-state index in [9.17, 15) is 15.0 Å². The molecule has 0 saturated heterocycles. The number of hydrogen-bond acceptors (Lipinski definition) is 6. The van der Waals surface area contributed by atoms with Gasteiger partial charge in [0.05, 0.1) is 12.6 Å². The van der Waals surface area contributed by atoms with Gasteiger partial charge in [0, 0.05) is 36.4 Å². The molecule has 0 radical (unpaired) electrons. The second-order valence-corrected chi connectivity index (χ2v) is 7.87. The Kier molecular flexibility index (Phi) is 6.25. The molecule has 2 aromatic carbocycles. The summed E-state index contributed by atoms with van der Waals surface area (Å²) in [7, 11) is 1.62. The Labute approximate surface area is 190 Å². The smallest absolute Gasteiger partial charge is 0.273 e. The molecule has 168 valence electrons. The van der Waals surface area contributed by atoms with Crippen molar-refractivity contribution >= 4 is 17.5 Å². The molecule has 1 aliphatic heterocycles. The monoisotopic (exact) mass is 457 g/mol. The van der Waals surface area contributed by atoms with Gasteiger partial charge >= 0.3 is 0 Å². The van der Waals surface area contributed by atoms with Gasteiger partial charge in [0.15, 0.2) is 11.5 Å². The number of nitrogens with zero attached hydrogens (tertiary/aromatic N) is 2. The molecule has 1 aromatic heterocycles. The number of phenolic OH excluding ortho intramolecular Hbond substituents is 2. The van der Waals surface area contributed by atoms with Crippen molar-refractivity contribution in [3.05, 3.63) is 58.2 Å². The summed E-state index contributed by atoms with van der Waals surface area (Å²) in [5.74, 6) is 0.158. The first kappa shape index (κ1) is 22.0. The largest absolute Gasteiger partial charge is 0.507 e. The van der Waals surface area contributed by atoms with E-state index in [1.807, 2.05) is 6.92 Å². The second-order valence-electron chi connectivity index (χ2n) is 7.43. The Morgan fingerprint density at radius 1 is 1.19 bits per heavy atom. The van der Waals surface area contributed by atoms with Crippen LogP contribution < -0.4 is 4.74 Å². The van der Waals surface area contributed by atoms with Crippen LogP contribution in [0, 0.1) is 0 Å². The number of aromatic hydroxyl groups is 2. The summed E-state index contributed by atoms with van der Waals surface area (Å²) in [6, 6.07) is 9.22. The third kappa shape index (κ3) is 3.87. The zero-order valence-corrected chi connectivity index (χ0v) is 18.5. The number of aromatic amines is 1. The molecular weight excluding hydrogens is 434 g/mol. The predicted molar refractivity (Wildman–Crippen MR) is 119 cm³/mol. The number of nitrogens with one attached hydrogen (secondary N) is 1. The Morgan fingerprint density at radius 3 is 2.72 bits per heavy atom. The van der Waals surface area contributed by atoms with E-state index >= 15 is 0 Å². The van der Waals surface area contributed by atoms with Gasteiger partial charge in [-0.3, -0.25) is 9.89 Å². The molecule has 0 spiro atoms. The van der Waals surface area contributed by atoms with E-state index in [2.05, 4.69) is 10.2 Å². The molecule has 4 rings (SSSR count). The fourth-order valence-electron chi connectivity index (χ4n) is 4.03. The van der Waals surface area contributed by atoms with Gasteiger partial charge < -0.3 is 24.6 Å². The van der Waals surface area contributed by atoms with Crippen molar-refractivity contribution in [1.82, 2.24) is 15.1 Å². The van der Waals surface area contributed by atoms with Crippen LogP contribution >= 0.6 is 11.6 Å². The maximum Gasteiger partial charge on any atom is 0.273 e. The van der Waals surface area contributed by atoms with Gasteiger partial charge in [-0.1, -0.05) is 17.7 Å². The lowest BCUT2D eigenvalue weighted by Gasteiger charge is -2.27. The molecule has 1 unspecified atom stereocenters. The first-order valence-electron chi connectivity index (χ1n) is 10.3. The van der Waals surface area contributed by atoms with Crippen LogP contribution in [0.2, 0.25) is 5.02 Å². The highest BCUT2D eigenvalue weighted by Gasteiger charge is 2.42. The third-order valence-electron chi connectivity index (χ3n) is 5.42. The van der Waals surface area contributed by atoms with Gasteiger partial charge in [-0.15, -0.1) is 0 Å². The van der Waals surface area contributed by atoms with E-state index in [1.165, 1.54) is 6.07 Å². The van der Waals surface area contributed by atoms with Crippen molar-refractivity contribution in [2.45, 2.75) is 19.4 Å². The van der Waals surface area contributed by atoms with Crippen LogP contribution in [0.15, 0.2) is 36.4 Å². The molecule has 9 heteroatoms. The molecule has 2 heterocycles. The maximum atomic E-state index is 13.3. The fourth-order valence-corrected chi connectivity index (χ4v) is 4.20. The number of hydrogen-bond donors (Lipinski definition) is 3. The molecule has 8 nitrogen and oxygen atoms in total. The lowest BCUT2D eigenvalue weighted by Crippen LogP contribution is -2.31. The highest BCUT2D eigenvalue weighted by atomic mass is 35.5. The van der Waals surface area contributed by atoms with Gasteiger partial charge in [-0.05, 0) is 49.2 Å². The number of rotatable bonds is 8. The number of phenols is 2. The summed E-state index contributed by atoms with van der Waals surface area (Å²) in [5, 5.41) is 28.3. The Hall–Kier alpha value is -3.23. The summed E-state index contributed by atoms with van der Waals surface area (Å²) < 4.78 is 10.7. The predicted octanol–water partition coefficient (Wildman–Crippen LogP) is 4.12. The third-order valence-corrected chi connectivity index (χ3v) is 5.66. The minimum Gasteiger partial charge on any atom is -0.507 e. The highest BCUT2D eigenvalue weighted by molar-refractivity contribution is 6.31. The van der Waals surface area contributed by atoms with E-state index in [-0.39, 0.29) is 17.4 Å². The van der Waals surface area contributed by atoms with Gasteiger partial charge in [0.25, 0.3) is 5.91 Å². The standard InChI is InChI=1S/C23H24ClN3O5/c1-3-32-18-11-13(5-7-17(18)29)22-19-20(15-12-14(24)6-8-16(15)28)25-26-21(19)23(30)27(22)9-4-10-31-2/h5-8,11-12,22,28-29H,3-4,9-10H2,1-2H3,(H,25,26). The van der Waals surface area contributed by atoms with Crippen LogP contribution in [0.3, 0.4) is 0 Å². The molecular formula is C23H24ClN3O5. The number of carbonyl (C=O) groups is 1. The van der Waals surface area contributed by atoms with E-state index in [1.54, 1.807) is 42.3 Å². The topological polar surface area (TPSA) is 108 Å². The average Bonchev–Trinajstić information content (AvgIpc) is 3.31. The molecule has 3 aromatic rings. The molecule has 1 atom stereocenters. The Balaban J connectivity index is 1.87. The molecule has 0 fully saturated rings. The average molecular weight is 458 g/mol. The highest BCUT2D eigenvalue weighted by Crippen LogP contribution is 2.46. The van der Waals surface area contributed by atoms with Crippen LogP contribution in [0.1, 0.15) is 41.0 Å². The summed E-state index contributed by atoms with van der Waals surface area (Å²) in [4.78, 5) is 15.0. The van der Waals surface area contributed by atoms with Crippen LogP contribution in [-0.4, -0.2) is 58.1 Å².